The third-order valence-electron chi connectivity index (χ3n) is 4.11. The molecule has 1 saturated carbocycles. The van der Waals surface area contributed by atoms with Gasteiger partial charge in [0, 0.05) is 23.1 Å². The summed E-state index contributed by atoms with van der Waals surface area (Å²) in [4.78, 5) is 13.3. The molecule has 5 nitrogen and oxygen atoms in total. The van der Waals surface area contributed by atoms with E-state index in [-0.39, 0.29) is 22.8 Å². The molecule has 0 saturated heterocycles. The summed E-state index contributed by atoms with van der Waals surface area (Å²) in [7, 11) is 0. The topological polar surface area (TPSA) is 66.6 Å². The molecule has 0 amide bonds. The first-order valence-electron chi connectivity index (χ1n) is 7.77. The van der Waals surface area contributed by atoms with Gasteiger partial charge in [0.05, 0.1) is 11.0 Å². The summed E-state index contributed by atoms with van der Waals surface area (Å²) < 4.78 is 0.714. The monoisotopic (exact) mass is 370 g/mol. The van der Waals surface area contributed by atoms with Crippen LogP contribution >= 0.6 is 15.9 Å². The van der Waals surface area contributed by atoms with Crippen molar-refractivity contribution in [2.75, 3.05) is 11.4 Å². The average Bonchev–Trinajstić information content (AvgIpc) is 2.45. The lowest BCUT2D eigenvalue weighted by Crippen LogP contribution is -2.41. The van der Waals surface area contributed by atoms with E-state index in [0.717, 1.165) is 32.2 Å². The molecule has 1 aromatic rings. The van der Waals surface area contributed by atoms with Crippen molar-refractivity contribution in [1.82, 2.24) is 0 Å². The first-order chi connectivity index (χ1) is 10.4. The lowest BCUT2D eigenvalue weighted by molar-refractivity contribution is -0.384. The first-order valence-corrected chi connectivity index (χ1v) is 8.56. The van der Waals surface area contributed by atoms with Gasteiger partial charge in [-0.1, -0.05) is 29.8 Å². The van der Waals surface area contributed by atoms with Crippen molar-refractivity contribution in [2.24, 2.45) is 5.92 Å². The minimum absolute atomic E-state index is 0.140. The quantitative estimate of drug-likeness (QED) is 0.625. The fraction of sp³-hybridized carbons (Fsp3) is 0.625. The molecular formula is C16H23BrN2O3. The second-order valence-corrected chi connectivity index (χ2v) is 7.31. The van der Waals surface area contributed by atoms with Crippen LogP contribution in [0.4, 0.5) is 11.4 Å². The summed E-state index contributed by atoms with van der Waals surface area (Å²) in [6.07, 6.45) is 3.06. The molecule has 0 aliphatic heterocycles. The fourth-order valence-corrected chi connectivity index (χ4v) is 3.44. The van der Waals surface area contributed by atoms with Crippen LogP contribution < -0.4 is 4.90 Å². The van der Waals surface area contributed by atoms with Gasteiger partial charge in [-0.3, -0.25) is 10.1 Å². The molecule has 6 heteroatoms. The molecule has 0 atom stereocenters. The molecule has 0 spiro atoms. The molecule has 1 N–H and O–H groups in total. The van der Waals surface area contributed by atoms with Crippen LogP contribution in [-0.2, 0) is 0 Å². The first kappa shape index (κ1) is 17.2. The molecular weight excluding hydrogens is 348 g/mol. The predicted molar refractivity (Wildman–Crippen MR) is 91.2 cm³/mol. The molecule has 0 heterocycles. The van der Waals surface area contributed by atoms with Gasteiger partial charge in [0.2, 0.25) is 0 Å². The highest BCUT2D eigenvalue weighted by atomic mass is 79.9. The van der Waals surface area contributed by atoms with Crippen LogP contribution in [0, 0.1) is 16.0 Å². The van der Waals surface area contributed by atoms with Crippen LogP contribution in [0.15, 0.2) is 22.7 Å². The molecule has 1 aliphatic rings. The van der Waals surface area contributed by atoms with Crippen molar-refractivity contribution in [3.8, 4) is 0 Å². The molecule has 22 heavy (non-hydrogen) atoms. The molecule has 0 radical (unpaired) electrons. The van der Waals surface area contributed by atoms with Gasteiger partial charge in [-0.05, 0) is 43.7 Å². The highest BCUT2D eigenvalue weighted by Gasteiger charge is 2.29. The van der Waals surface area contributed by atoms with Crippen molar-refractivity contribution in [3.05, 3.63) is 32.8 Å². The zero-order valence-corrected chi connectivity index (χ0v) is 14.6. The van der Waals surface area contributed by atoms with Gasteiger partial charge in [-0.2, -0.15) is 0 Å². The summed E-state index contributed by atoms with van der Waals surface area (Å²) in [5.41, 5.74) is 0.824. The molecule has 122 valence electrons. The minimum atomic E-state index is -0.314. The Bertz CT molecular complexity index is 528. The Morgan fingerprint density at radius 3 is 2.55 bits per heavy atom. The summed E-state index contributed by atoms with van der Waals surface area (Å²) in [5, 5.41) is 21.1. The largest absolute Gasteiger partial charge is 0.393 e. The number of anilines is 1. The van der Waals surface area contributed by atoms with Crippen molar-refractivity contribution in [2.45, 2.75) is 51.7 Å². The molecule has 0 unspecified atom stereocenters. The van der Waals surface area contributed by atoms with E-state index in [0.29, 0.717) is 16.1 Å². The van der Waals surface area contributed by atoms with E-state index in [1.165, 1.54) is 0 Å². The number of nitrogens with zero attached hydrogens (tertiary/aromatic N) is 2. The number of halogens is 1. The van der Waals surface area contributed by atoms with E-state index in [1.54, 1.807) is 6.07 Å². The van der Waals surface area contributed by atoms with Crippen LogP contribution in [0.3, 0.4) is 0 Å². The number of hydrogen-bond donors (Lipinski definition) is 1. The number of nitro groups is 1. The zero-order valence-electron chi connectivity index (χ0n) is 13.0. The summed E-state index contributed by atoms with van der Waals surface area (Å²) in [6.45, 7) is 5.02. The lowest BCUT2D eigenvalue weighted by Gasteiger charge is -2.38. The number of aliphatic hydroxyl groups excluding tert-OH is 1. The number of hydrogen-bond acceptors (Lipinski definition) is 4. The predicted octanol–water partition coefficient (Wildman–Crippen LogP) is 4.12. The molecule has 2 rings (SSSR count). The van der Waals surface area contributed by atoms with Gasteiger partial charge in [-0.15, -0.1) is 0 Å². The van der Waals surface area contributed by atoms with E-state index in [2.05, 4.69) is 34.7 Å². The van der Waals surface area contributed by atoms with Gasteiger partial charge in [-0.25, -0.2) is 0 Å². The summed E-state index contributed by atoms with van der Waals surface area (Å²) >= 11 is 3.31. The van der Waals surface area contributed by atoms with E-state index >= 15 is 0 Å². The van der Waals surface area contributed by atoms with Crippen LogP contribution in [0.25, 0.3) is 0 Å². The van der Waals surface area contributed by atoms with Crippen LogP contribution in [-0.4, -0.2) is 28.7 Å². The average molecular weight is 371 g/mol. The van der Waals surface area contributed by atoms with E-state index in [4.69, 9.17) is 0 Å². The second kappa shape index (κ2) is 7.42. The Morgan fingerprint density at radius 1 is 1.36 bits per heavy atom. The van der Waals surface area contributed by atoms with Gasteiger partial charge in [0.25, 0.3) is 5.69 Å². The highest BCUT2D eigenvalue weighted by Crippen LogP contribution is 2.36. The molecule has 1 fully saturated rings. The second-order valence-electron chi connectivity index (χ2n) is 6.40. The summed E-state index contributed by atoms with van der Waals surface area (Å²) in [6, 6.07) is 5.51. The van der Waals surface area contributed by atoms with Crippen LogP contribution in [0.2, 0.25) is 0 Å². The number of rotatable bonds is 5. The third-order valence-corrected chi connectivity index (χ3v) is 4.61. The van der Waals surface area contributed by atoms with Gasteiger partial charge in [0.1, 0.15) is 5.69 Å². The van der Waals surface area contributed by atoms with Crippen molar-refractivity contribution >= 4 is 27.3 Å². The highest BCUT2D eigenvalue weighted by molar-refractivity contribution is 9.10. The number of benzene rings is 1. The van der Waals surface area contributed by atoms with Gasteiger partial charge >= 0.3 is 0 Å². The maximum Gasteiger partial charge on any atom is 0.293 e. The maximum absolute atomic E-state index is 11.4. The maximum atomic E-state index is 11.4. The van der Waals surface area contributed by atoms with E-state index < -0.39 is 0 Å². The normalized spacial score (nSPS) is 21.9. The summed E-state index contributed by atoms with van der Waals surface area (Å²) in [5.74, 6) is 0.412. The number of aliphatic hydroxyl groups is 1. The fourth-order valence-electron chi connectivity index (χ4n) is 3.09. The van der Waals surface area contributed by atoms with Gasteiger partial charge in [0.15, 0.2) is 0 Å². The van der Waals surface area contributed by atoms with Crippen molar-refractivity contribution in [3.63, 3.8) is 0 Å². The lowest BCUT2D eigenvalue weighted by atomic mass is 9.91. The third kappa shape index (κ3) is 4.20. The molecule has 0 bridgehead atoms. The van der Waals surface area contributed by atoms with Crippen LogP contribution in [0.1, 0.15) is 39.5 Å². The SMILES string of the molecule is CC(C)CN(c1ccc(Br)cc1[N+](=O)[O-])C1CCC(O)CC1. The Labute approximate surface area is 139 Å². The smallest absolute Gasteiger partial charge is 0.293 e. The number of nitro benzene ring substituents is 1. The van der Waals surface area contributed by atoms with Gasteiger partial charge < -0.3 is 10.0 Å². The van der Waals surface area contributed by atoms with E-state index in [9.17, 15) is 15.2 Å². The Hall–Kier alpha value is -1.14. The zero-order chi connectivity index (χ0) is 16.3. The molecule has 1 aliphatic carbocycles. The minimum Gasteiger partial charge on any atom is -0.393 e. The Balaban J connectivity index is 2.35. The molecule has 1 aromatic carbocycles. The van der Waals surface area contributed by atoms with Crippen LogP contribution in [0.5, 0.6) is 0 Å². The molecule has 0 aromatic heterocycles. The Kier molecular flexibility index (Phi) is 5.81. The Morgan fingerprint density at radius 2 is 2.00 bits per heavy atom. The van der Waals surface area contributed by atoms with Crippen molar-refractivity contribution in [1.29, 1.82) is 0 Å². The standard InChI is InChI=1S/C16H23BrN2O3/c1-11(2)10-18(13-4-6-14(20)7-5-13)15-8-3-12(17)9-16(15)19(21)22/h3,8-9,11,13-14,20H,4-7,10H2,1-2H3. The van der Waals surface area contributed by atoms with E-state index in [1.807, 2.05) is 12.1 Å². The van der Waals surface area contributed by atoms with Crippen molar-refractivity contribution < 1.29 is 10.0 Å².